The number of nitrogens with zero attached hydrogens (tertiary/aromatic N) is 1. The number of hydrogen-bond acceptors (Lipinski definition) is 2. The summed E-state index contributed by atoms with van der Waals surface area (Å²) in [4.78, 5) is 2.50. The Labute approximate surface area is 128 Å². The number of nitrogens with one attached hydrogen (secondary N) is 1. The van der Waals surface area contributed by atoms with Crippen LogP contribution in [-0.4, -0.2) is 30.6 Å². The minimum Gasteiger partial charge on any atom is -0.313 e. The van der Waals surface area contributed by atoms with E-state index in [2.05, 4.69) is 26.1 Å². The first-order valence-electron chi connectivity index (χ1n) is 7.60. The lowest BCUT2D eigenvalue weighted by Crippen LogP contribution is -2.38. The van der Waals surface area contributed by atoms with Crippen LogP contribution in [-0.2, 0) is 6.54 Å². The van der Waals surface area contributed by atoms with E-state index in [4.69, 9.17) is 0 Å². The predicted octanol–water partition coefficient (Wildman–Crippen LogP) is 3.55. The topological polar surface area (TPSA) is 15.3 Å². The van der Waals surface area contributed by atoms with Gasteiger partial charge in [0.1, 0.15) is 5.82 Å². The van der Waals surface area contributed by atoms with Gasteiger partial charge in [0, 0.05) is 30.1 Å². The predicted molar refractivity (Wildman–Crippen MR) is 83.1 cm³/mol. The Morgan fingerprint density at radius 1 is 1.20 bits per heavy atom. The molecule has 1 heterocycles. The van der Waals surface area contributed by atoms with Gasteiger partial charge in [-0.3, -0.25) is 4.90 Å². The van der Waals surface area contributed by atoms with Crippen molar-refractivity contribution >= 4 is 15.9 Å². The molecule has 110 valence electrons. The van der Waals surface area contributed by atoms with Gasteiger partial charge in [0.25, 0.3) is 0 Å². The zero-order chi connectivity index (χ0) is 13.9. The van der Waals surface area contributed by atoms with E-state index >= 15 is 0 Å². The molecule has 1 unspecified atom stereocenters. The average Bonchev–Trinajstić information content (AvgIpc) is 3.02. The molecule has 0 aromatic heterocycles. The summed E-state index contributed by atoms with van der Waals surface area (Å²) in [6.07, 6.45) is 5.28. The lowest BCUT2D eigenvalue weighted by Gasteiger charge is -2.26. The summed E-state index contributed by atoms with van der Waals surface area (Å²) in [7, 11) is 0. The molecule has 2 fully saturated rings. The van der Waals surface area contributed by atoms with Gasteiger partial charge in [-0.25, -0.2) is 4.39 Å². The van der Waals surface area contributed by atoms with Crippen LogP contribution in [0.1, 0.15) is 31.2 Å². The van der Waals surface area contributed by atoms with Crippen molar-refractivity contribution in [3.05, 3.63) is 34.1 Å². The van der Waals surface area contributed by atoms with E-state index in [9.17, 15) is 4.39 Å². The van der Waals surface area contributed by atoms with Crippen LogP contribution in [0.4, 0.5) is 4.39 Å². The molecule has 0 radical (unpaired) electrons. The smallest absolute Gasteiger partial charge is 0.124 e. The fourth-order valence-electron chi connectivity index (χ4n) is 3.05. The molecule has 1 saturated heterocycles. The van der Waals surface area contributed by atoms with Crippen molar-refractivity contribution in [2.24, 2.45) is 5.92 Å². The normalized spacial score (nSPS) is 22.6. The Kier molecular flexibility index (Phi) is 4.74. The molecular formula is C16H22BrFN2. The molecule has 0 spiro atoms. The highest BCUT2D eigenvalue weighted by molar-refractivity contribution is 9.10. The second kappa shape index (κ2) is 6.54. The lowest BCUT2D eigenvalue weighted by atomic mass is 10.1. The van der Waals surface area contributed by atoms with E-state index in [0.29, 0.717) is 6.04 Å². The Morgan fingerprint density at radius 2 is 2.05 bits per heavy atom. The number of hydrogen-bond donors (Lipinski definition) is 1. The summed E-state index contributed by atoms with van der Waals surface area (Å²) in [5.74, 6) is 0.716. The van der Waals surface area contributed by atoms with Gasteiger partial charge in [0.2, 0.25) is 0 Å². The van der Waals surface area contributed by atoms with Crippen LogP contribution in [0, 0.1) is 11.7 Å². The van der Waals surface area contributed by atoms with Crippen molar-refractivity contribution < 1.29 is 4.39 Å². The molecule has 1 aromatic rings. The molecule has 2 nitrogen and oxygen atoms in total. The minimum absolute atomic E-state index is 0.153. The molecule has 1 aliphatic heterocycles. The van der Waals surface area contributed by atoms with E-state index in [0.717, 1.165) is 42.1 Å². The highest BCUT2D eigenvalue weighted by atomic mass is 79.9. The first kappa shape index (κ1) is 14.5. The third kappa shape index (κ3) is 4.27. The summed E-state index contributed by atoms with van der Waals surface area (Å²) in [6.45, 7) is 4.25. The molecule has 1 aromatic carbocycles. The standard InChI is InChI=1S/C16H22BrFN2/c17-14-6-13(7-15(18)8-14)10-20(9-12-3-4-12)11-16-2-1-5-19-16/h6-8,12,16,19H,1-5,9-11H2. The third-order valence-corrected chi connectivity index (χ3v) is 4.64. The molecule has 0 bridgehead atoms. The van der Waals surface area contributed by atoms with Crippen LogP contribution < -0.4 is 5.32 Å². The van der Waals surface area contributed by atoms with Gasteiger partial charge in [-0.1, -0.05) is 15.9 Å². The van der Waals surface area contributed by atoms with Crippen molar-refractivity contribution in [3.63, 3.8) is 0 Å². The van der Waals surface area contributed by atoms with Gasteiger partial charge >= 0.3 is 0 Å². The fraction of sp³-hybridized carbons (Fsp3) is 0.625. The molecule has 3 rings (SSSR count). The molecular weight excluding hydrogens is 319 g/mol. The Balaban J connectivity index is 1.64. The highest BCUT2D eigenvalue weighted by Gasteiger charge is 2.26. The molecule has 0 amide bonds. The van der Waals surface area contributed by atoms with Crippen molar-refractivity contribution in [1.82, 2.24) is 10.2 Å². The SMILES string of the molecule is Fc1cc(Br)cc(CN(CC2CC2)CC2CCCN2)c1. The van der Waals surface area contributed by atoms with Gasteiger partial charge in [-0.2, -0.15) is 0 Å². The minimum atomic E-state index is -0.153. The highest BCUT2D eigenvalue weighted by Crippen LogP contribution is 2.30. The van der Waals surface area contributed by atoms with Crippen LogP contribution in [0.5, 0.6) is 0 Å². The van der Waals surface area contributed by atoms with Crippen molar-refractivity contribution in [2.45, 2.75) is 38.3 Å². The maximum atomic E-state index is 13.5. The Hall–Kier alpha value is -0.450. The molecule has 2 aliphatic rings. The number of halogens is 2. The summed E-state index contributed by atoms with van der Waals surface area (Å²) >= 11 is 3.38. The van der Waals surface area contributed by atoms with Gasteiger partial charge in [0.05, 0.1) is 0 Å². The Bertz CT molecular complexity index is 436. The maximum Gasteiger partial charge on any atom is 0.124 e. The number of rotatable bonds is 6. The fourth-order valence-corrected chi connectivity index (χ4v) is 3.57. The molecule has 1 saturated carbocycles. The van der Waals surface area contributed by atoms with Crippen molar-refractivity contribution in [1.29, 1.82) is 0 Å². The summed E-state index contributed by atoms with van der Waals surface area (Å²) < 4.78 is 14.3. The van der Waals surface area contributed by atoms with Gasteiger partial charge in [-0.05, 0) is 61.9 Å². The second-order valence-electron chi connectivity index (χ2n) is 6.21. The summed E-state index contributed by atoms with van der Waals surface area (Å²) in [6, 6.07) is 5.83. The quantitative estimate of drug-likeness (QED) is 0.851. The van der Waals surface area contributed by atoms with Crippen LogP contribution in [0.25, 0.3) is 0 Å². The average molecular weight is 341 g/mol. The lowest BCUT2D eigenvalue weighted by molar-refractivity contribution is 0.231. The zero-order valence-electron chi connectivity index (χ0n) is 11.7. The van der Waals surface area contributed by atoms with Gasteiger partial charge in [0.15, 0.2) is 0 Å². The third-order valence-electron chi connectivity index (χ3n) is 4.18. The summed E-state index contributed by atoms with van der Waals surface area (Å²) in [5, 5.41) is 3.56. The Morgan fingerprint density at radius 3 is 2.70 bits per heavy atom. The van der Waals surface area contributed by atoms with E-state index in [1.807, 2.05) is 6.07 Å². The van der Waals surface area contributed by atoms with Gasteiger partial charge < -0.3 is 5.32 Å². The summed E-state index contributed by atoms with van der Waals surface area (Å²) in [5.41, 5.74) is 1.07. The first-order valence-corrected chi connectivity index (χ1v) is 8.39. The molecule has 1 atom stereocenters. The van der Waals surface area contributed by atoms with Gasteiger partial charge in [-0.15, -0.1) is 0 Å². The second-order valence-corrected chi connectivity index (χ2v) is 7.12. The molecule has 1 N–H and O–H groups in total. The number of benzene rings is 1. The first-order chi connectivity index (χ1) is 9.69. The van der Waals surface area contributed by atoms with Crippen molar-refractivity contribution in [3.8, 4) is 0 Å². The van der Waals surface area contributed by atoms with Crippen LogP contribution in [0.3, 0.4) is 0 Å². The van der Waals surface area contributed by atoms with E-state index in [-0.39, 0.29) is 5.82 Å². The van der Waals surface area contributed by atoms with E-state index in [1.54, 1.807) is 6.07 Å². The largest absolute Gasteiger partial charge is 0.313 e. The van der Waals surface area contributed by atoms with E-state index < -0.39 is 0 Å². The van der Waals surface area contributed by atoms with Crippen LogP contribution in [0.15, 0.2) is 22.7 Å². The molecule has 4 heteroatoms. The van der Waals surface area contributed by atoms with Crippen LogP contribution >= 0.6 is 15.9 Å². The molecule has 20 heavy (non-hydrogen) atoms. The van der Waals surface area contributed by atoms with Crippen LogP contribution in [0.2, 0.25) is 0 Å². The van der Waals surface area contributed by atoms with E-state index in [1.165, 1.54) is 31.7 Å². The maximum absolute atomic E-state index is 13.5. The molecule has 1 aliphatic carbocycles. The monoisotopic (exact) mass is 340 g/mol. The zero-order valence-corrected chi connectivity index (χ0v) is 13.3. The van der Waals surface area contributed by atoms with Crippen molar-refractivity contribution in [2.75, 3.05) is 19.6 Å².